The molecule has 0 aliphatic rings. The number of fused-ring (bicyclic) bond motifs is 1. The first kappa shape index (κ1) is 11.5. The molecule has 3 rings (SSSR count). The van der Waals surface area contributed by atoms with E-state index in [1.165, 1.54) is 26.8 Å². The zero-order valence-electron chi connectivity index (χ0n) is 10.3. The van der Waals surface area contributed by atoms with Gasteiger partial charge in [-0.3, -0.25) is 0 Å². The van der Waals surface area contributed by atoms with E-state index in [0.29, 0.717) is 0 Å². The molecule has 0 unspecified atom stereocenters. The second kappa shape index (κ2) is 4.92. The summed E-state index contributed by atoms with van der Waals surface area (Å²) in [4.78, 5) is 1.34. The molecule has 0 amide bonds. The Labute approximate surface area is 111 Å². The Bertz CT molecular complexity index is 664. The summed E-state index contributed by atoms with van der Waals surface area (Å²) in [5, 5.41) is 8.06. The van der Waals surface area contributed by atoms with E-state index in [0.717, 1.165) is 6.54 Å². The summed E-state index contributed by atoms with van der Waals surface area (Å²) >= 11 is 1.82. The average Bonchev–Trinajstić information content (AvgIpc) is 2.87. The van der Waals surface area contributed by atoms with Crippen molar-refractivity contribution >= 4 is 22.1 Å². The average molecular weight is 253 g/mol. The minimum Gasteiger partial charge on any atom is -0.316 e. The quantitative estimate of drug-likeness (QED) is 0.734. The number of hydrogen-bond acceptors (Lipinski definition) is 2. The monoisotopic (exact) mass is 253 g/mol. The molecule has 1 N–H and O–H groups in total. The van der Waals surface area contributed by atoms with E-state index >= 15 is 0 Å². The Hall–Kier alpha value is -1.64. The van der Waals surface area contributed by atoms with Crippen molar-refractivity contribution in [1.29, 1.82) is 0 Å². The molecule has 3 aromatic rings. The summed E-state index contributed by atoms with van der Waals surface area (Å²) in [7, 11) is 1.98. The topological polar surface area (TPSA) is 12.0 Å². The summed E-state index contributed by atoms with van der Waals surface area (Å²) in [5.74, 6) is 0. The van der Waals surface area contributed by atoms with Crippen LogP contribution < -0.4 is 5.32 Å². The Morgan fingerprint density at radius 3 is 2.78 bits per heavy atom. The van der Waals surface area contributed by atoms with E-state index in [1.807, 2.05) is 18.4 Å². The van der Waals surface area contributed by atoms with Crippen molar-refractivity contribution in [3.63, 3.8) is 0 Å². The highest BCUT2D eigenvalue weighted by molar-refractivity contribution is 7.13. The van der Waals surface area contributed by atoms with Gasteiger partial charge in [0.2, 0.25) is 0 Å². The van der Waals surface area contributed by atoms with E-state index in [4.69, 9.17) is 0 Å². The van der Waals surface area contributed by atoms with Gasteiger partial charge in [-0.25, -0.2) is 0 Å². The fourth-order valence-corrected chi connectivity index (χ4v) is 3.21. The van der Waals surface area contributed by atoms with Gasteiger partial charge in [-0.2, -0.15) is 0 Å². The van der Waals surface area contributed by atoms with Crippen LogP contribution in [0, 0.1) is 0 Å². The van der Waals surface area contributed by atoms with Crippen molar-refractivity contribution in [1.82, 2.24) is 5.32 Å². The van der Waals surface area contributed by atoms with Crippen LogP contribution in [0.1, 0.15) is 5.56 Å². The number of benzene rings is 2. The van der Waals surface area contributed by atoms with Crippen molar-refractivity contribution in [2.45, 2.75) is 6.54 Å². The zero-order chi connectivity index (χ0) is 12.4. The van der Waals surface area contributed by atoms with E-state index in [2.05, 4.69) is 59.2 Å². The van der Waals surface area contributed by atoms with Crippen molar-refractivity contribution in [2.24, 2.45) is 0 Å². The Morgan fingerprint density at radius 2 is 1.89 bits per heavy atom. The van der Waals surface area contributed by atoms with Crippen LogP contribution in [-0.2, 0) is 6.54 Å². The molecule has 1 aromatic heterocycles. The van der Waals surface area contributed by atoms with Gasteiger partial charge in [0.25, 0.3) is 0 Å². The molecular weight excluding hydrogens is 238 g/mol. The van der Waals surface area contributed by atoms with Crippen LogP contribution >= 0.6 is 11.3 Å². The summed E-state index contributed by atoms with van der Waals surface area (Å²) in [6, 6.07) is 17.3. The highest BCUT2D eigenvalue weighted by Crippen LogP contribution is 2.32. The highest BCUT2D eigenvalue weighted by atomic mass is 32.1. The molecule has 90 valence electrons. The largest absolute Gasteiger partial charge is 0.316 e. The van der Waals surface area contributed by atoms with Crippen molar-refractivity contribution in [3.05, 3.63) is 59.5 Å². The van der Waals surface area contributed by atoms with E-state index in [1.54, 1.807) is 0 Å². The number of nitrogens with one attached hydrogen (secondary N) is 1. The highest BCUT2D eigenvalue weighted by Gasteiger charge is 2.05. The lowest BCUT2D eigenvalue weighted by atomic mass is 10.0. The predicted octanol–water partition coefficient (Wildman–Crippen LogP) is 4.29. The van der Waals surface area contributed by atoms with Crippen molar-refractivity contribution in [3.8, 4) is 10.4 Å². The molecule has 0 saturated heterocycles. The lowest BCUT2D eigenvalue weighted by molar-refractivity contribution is 0.821. The van der Waals surface area contributed by atoms with Crippen molar-refractivity contribution in [2.75, 3.05) is 7.05 Å². The van der Waals surface area contributed by atoms with Gasteiger partial charge in [0.05, 0.1) is 0 Å². The van der Waals surface area contributed by atoms with Crippen LogP contribution in [0.4, 0.5) is 0 Å². The predicted molar refractivity (Wildman–Crippen MR) is 80.0 cm³/mol. The first-order valence-electron chi connectivity index (χ1n) is 6.08. The molecule has 0 fully saturated rings. The fourth-order valence-electron chi connectivity index (χ4n) is 2.25. The number of rotatable bonds is 3. The van der Waals surface area contributed by atoms with Crippen LogP contribution in [0.15, 0.2) is 53.9 Å². The Kier molecular flexibility index (Phi) is 3.13. The first-order chi connectivity index (χ1) is 8.88. The first-order valence-corrected chi connectivity index (χ1v) is 6.96. The van der Waals surface area contributed by atoms with Gasteiger partial charge in [0, 0.05) is 11.4 Å². The van der Waals surface area contributed by atoms with Gasteiger partial charge < -0.3 is 5.32 Å². The van der Waals surface area contributed by atoms with Gasteiger partial charge in [-0.05, 0) is 40.4 Å². The van der Waals surface area contributed by atoms with Gasteiger partial charge in [0.15, 0.2) is 0 Å². The molecule has 2 heteroatoms. The molecule has 0 aliphatic heterocycles. The van der Waals surface area contributed by atoms with Gasteiger partial charge in [-0.1, -0.05) is 42.5 Å². The second-order valence-corrected chi connectivity index (χ2v) is 5.29. The summed E-state index contributed by atoms with van der Waals surface area (Å²) in [6.07, 6.45) is 0. The minimum absolute atomic E-state index is 0.932. The second-order valence-electron chi connectivity index (χ2n) is 4.38. The minimum atomic E-state index is 0.932. The number of hydrogen-bond donors (Lipinski definition) is 1. The van der Waals surface area contributed by atoms with Crippen molar-refractivity contribution < 1.29 is 0 Å². The van der Waals surface area contributed by atoms with Crippen LogP contribution in [0.5, 0.6) is 0 Å². The maximum atomic E-state index is 3.19. The molecule has 0 bridgehead atoms. The summed E-state index contributed by atoms with van der Waals surface area (Å²) in [6.45, 7) is 0.932. The lowest BCUT2D eigenvalue weighted by Crippen LogP contribution is -2.03. The molecule has 18 heavy (non-hydrogen) atoms. The van der Waals surface area contributed by atoms with Crippen LogP contribution in [0.2, 0.25) is 0 Å². The lowest BCUT2D eigenvalue weighted by Gasteiger charge is -2.03. The van der Waals surface area contributed by atoms with E-state index < -0.39 is 0 Å². The third-order valence-corrected chi connectivity index (χ3v) is 4.10. The molecule has 0 spiro atoms. The van der Waals surface area contributed by atoms with Gasteiger partial charge in [0.1, 0.15) is 0 Å². The maximum absolute atomic E-state index is 3.19. The van der Waals surface area contributed by atoms with E-state index in [9.17, 15) is 0 Å². The molecule has 1 nitrogen and oxygen atoms in total. The van der Waals surface area contributed by atoms with E-state index in [-0.39, 0.29) is 0 Å². The third-order valence-electron chi connectivity index (χ3n) is 3.09. The molecule has 0 saturated carbocycles. The smallest absolute Gasteiger partial charge is 0.0352 e. The Balaban J connectivity index is 2.12. The van der Waals surface area contributed by atoms with Crippen LogP contribution in [0.25, 0.3) is 21.2 Å². The van der Waals surface area contributed by atoms with Gasteiger partial charge >= 0.3 is 0 Å². The van der Waals surface area contributed by atoms with Gasteiger partial charge in [-0.15, -0.1) is 11.3 Å². The zero-order valence-corrected chi connectivity index (χ0v) is 11.1. The summed E-state index contributed by atoms with van der Waals surface area (Å²) in [5.41, 5.74) is 2.69. The molecule has 0 radical (unpaired) electrons. The molecule has 1 heterocycles. The number of thiophene rings is 1. The Morgan fingerprint density at radius 1 is 1.06 bits per heavy atom. The van der Waals surface area contributed by atoms with Crippen LogP contribution in [0.3, 0.4) is 0 Å². The fraction of sp³-hybridized carbons (Fsp3) is 0.125. The molecular formula is C16H15NS. The third kappa shape index (κ3) is 2.05. The maximum Gasteiger partial charge on any atom is 0.0352 e. The molecule has 2 aromatic carbocycles. The molecule has 0 atom stereocenters. The van der Waals surface area contributed by atoms with Crippen LogP contribution in [-0.4, -0.2) is 7.05 Å². The standard InChI is InChI=1S/C16H15NS/c1-17-10-12-9-16(18-11-12)15-8-4-6-13-5-2-3-7-14(13)15/h2-9,11,17H,10H2,1H3. The summed E-state index contributed by atoms with van der Waals surface area (Å²) < 4.78 is 0. The molecule has 0 aliphatic carbocycles. The SMILES string of the molecule is CNCc1csc(-c2cccc3ccccc23)c1. The normalized spacial score (nSPS) is 10.9.